The highest BCUT2D eigenvalue weighted by molar-refractivity contribution is 6.31. The van der Waals surface area contributed by atoms with Crippen molar-refractivity contribution in [3.8, 4) is 0 Å². The molecule has 6 heterocycles. The SMILES string of the molecule is CC(C)(C)OC(=O)N1Cc2nn3cc(Cl)cnc3c2C1.Cc1nc2c3c(nn2cc1Cl)CN(C(=O)OC(C)(C)C)C3. The van der Waals surface area contributed by atoms with Gasteiger partial charge in [-0.1, -0.05) is 23.2 Å². The summed E-state index contributed by atoms with van der Waals surface area (Å²) in [6.07, 6.45) is 4.37. The number of rotatable bonds is 0. The summed E-state index contributed by atoms with van der Waals surface area (Å²) in [4.78, 5) is 36.2. The summed E-state index contributed by atoms with van der Waals surface area (Å²) >= 11 is 11.9. The summed E-state index contributed by atoms with van der Waals surface area (Å²) in [6, 6.07) is 0. The average Bonchev–Trinajstić information content (AvgIpc) is 3.57. The molecule has 12 nitrogen and oxygen atoms in total. The van der Waals surface area contributed by atoms with Crippen LogP contribution < -0.4 is 0 Å². The van der Waals surface area contributed by atoms with Gasteiger partial charge in [0, 0.05) is 17.3 Å². The lowest BCUT2D eigenvalue weighted by atomic mass is 10.2. The fourth-order valence-electron chi connectivity index (χ4n) is 4.48. The molecule has 2 aliphatic heterocycles. The van der Waals surface area contributed by atoms with Gasteiger partial charge in [0.1, 0.15) is 11.2 Å². The summed E-state index contributed by atoms with van der Waals surface area (Å²) in [6.45, 7) is 14.7. The molecule has 0 bridgehead atoms. The molecule has 0 radical (unpaired) electrons. The van der Waals surface area contributed by atoms with Gasteiger partial charge in [0.25, 0.3) is 0 Å². The van der Waals surface area contributed by atoms with E-state index in [-0.39, 0.29) is 12.2 Å². The average molecular weight is 604 g/mol. The molecule has 2 amide bonds. The summed E-state index contributed by atoms with van der Waals surface area (Å²) < 4.78 is 14.1. The second-order valence-electron chi connectivity index (χ2n) is 12.0. The summed E-state index contributed by atoms with van der Waals surface area (Å²) in [5, 5.41) is 9.95. The van der Waals surface area contributed by atoms with Gasteiger partial charge >= 0.3 is 12.2 Å². The molecule has 0 saturated carbocycles. The highest BCUT2D eigenvalue weighted by Gasteiger charge is 2.33. The van der Waals surface area contributed by atoms with Crippen LogP contribution in [0.1, 0.15) is 69.8 Å². The van der Waals surface area contributed by atoms with Crippen LogP contribution in [0.25, 0.3) is 11.3 Å². The van der Waals surface area contributed by atoms with E-state index in [0.29, 0.717) is 36.2 Å². The number of carbonyl (C=O) groups excluding carboxylic acids is 2. The van der Waals surface area contributed by atoms with Crippen molar-refractivity contribution in [1.29, 1.82) is 0 Å². The minimum Gasteiger partial charge on any atom is -0.444 e. The minimum absolute atomic E-state index is 0.329. The van der Waals surface area contributed by atoms with Crippen LogP contribution in [-0.2, 0) is 35.7 Å². The van der Waals surface area contributed by atoms with E-state index >= 15 is 0 Å². The fraction of sp³-hybridized carbons (Fsp3) is 0.481. The van der Waals surface area contributed by atoms with E-state index in [9.17, 15) is 9.59 Å². The molecule has 0 saturated heterocycles. The van der Waals surface area contributed by atoms with Gasteiger partial charge in [-0.05, 0) is 48.5 Å². The standard InChI is InChI=1S/C14H17ClN4O2.C13H15ClN4O2/c1-8-10(15)6-19-12(16-8)9-5-18(7-11(9)17-19)13(20)21-14(2,3)4;1-13(2,3)20-12(19)17-6-9-10(7-17)16-18-5-8(14)4-15-11(9)18/h6H,5,7H2,1-4H3;4-5H,6-7H2,1-3H3. The third-order valence-corrected chi connectivity index (χ3v) is 6.79. The van der Waals surface area contributed by atoms with Crippen molar-refractivity contribution in [3.63, 3.8) is 0 Å². The highest BCUT2D eigenvalue weighted by Crippen LogP contribution is 2.29. The maximum absolute atomic E-state index is 12.1. The van der Waals surface area contributed by atoms with Crippen molar-refractivity contribution in [2.24, 2.45) is 0 Å². The van der Waals surface area contributed by atoms with Crippen molar-refractivity contribution >= 4 is 46.7 Å². The summed E-state index contributed by atoms with van der Waals surface area (Å²) in [7, 11) is 0. The van der Waals surface area contributed by atoms with Crippen LogP contribution in [0.5, 0.6) is 0 Å². The zero-order chi connectivity index (χ0) is 29.9. The molecule has 14 heteroatoms. The van der Waals surface area contributed by atoms with Gasteiger partial charge < -0.3 is 9.47 Å². The Hall–Kier alpha value is -3.64. The fourth-order valence-corrected chi connectivity index (χ4v) is 4.75. The lowest BCUT2D eigenvalue weighted by Gasteiger charge is -2.24. The molecule has 0 atom stereocenters. The second-order valence-corrected chi connectivity index (χ2v) is 12.8. The number of fused-ring (bicyclic) bond motifs is 6. The summed E-state index contributed by atoms with van der Waals surface area (Å²) in [5.41, 5.74) is 4.82. The third kappa shape index (κ3) is 6.18. The number of hydrogen-bond acceptors (Lipinski definition) is 8. The Morgan fingerprint density at radius 3 is 1.78 bits per heavy atom. The largest absolute Gasteiger partial charge is 0.444 e. The predicted molar refractivity (Wildman–Crippen MR) is 152 cm³/mol. The maximum Gasteiger partial charge on any atom is 0.410 e. The van der Waals surface area contributed by atoms with Gasteiger partial charge in [-0.2, -0.15) is 10.2 Å². The molecule has 6 rings (SSSR count). The zero-order valence-electron chi connectivity index (χ0n) is 24.0. The number of carbonyl (C=O) groups is 2. The monoisotopic (exact) mass is 602 g/mol. The number of aryl methyl sites for hydroxylation is 1. The first-order valence-electron chi connectivity index (χ1n) is 13.1. The van der Waals surface area contributed by atoms with Gasteiger partial charge in [0.05, 0.1) is 65.7 Å². The van der Waals surface area contributed by atoms with E-state index in [2.05, 4.69) is 20.2 Å². The predicted octanol–water partition coefficient (Wildman–Crippen LogP) is 5.58. The highest BCUT2D eigenvalue weighted by atomic mass is 35.5. The molecule has 4 aromatic heterocycles. The Balaban J connectivity index is 0.000000165. The number of amides is 2. The molecule has 0 spiro atoms. The Morgan fingerprint density at radius 2 is 1.27 bits per heavy atom. The Bertz CT molecular complexity index is 1670. The van der Waals surface area contributed by atoms with E-state index in [4.69, 9.17) is 32.7 Å². The topological polar surface area (TPSA) is 119 Å². The molecule has 0 aliphatic carbocycles. The van der Waals surface area contributed by atoms with Crippen LogP contribution in [0, 0.1) is 6.92 Å². The zero-order valence-corrected chi connectivity index (χ0v) is 25.5. The molecule has 0 N–H and O–H groups in total. The second kappa shape index (κ2) is 10.3. The summed E-state index contributed by atoms with van der Waals surface area (Å²) in [5.74, 6) is 0. The first-order chi connectivity index (χ1) is 19.1. The van der Waals surface area contributed by atoms with Crippen molar-refractivity contribution < 1.29 is 19.1 Å². The third-order valence-electron chi connectivity index (χ3n) is 6.22. The Kier molecular flexibility index (Phi) is 7.27. The molecule has 4 aromatic rings. The van der Waals surface area contributed by atoms with Crippen LogP contribution in [0.4, 0.5) is 9.59 Å². The number of nitrogens with zero attached hydrogens (tertiary/aromatic N) is 8. The van der Waals surface area contributed by atoms with Crippen LogP contribution in [0.15, 0.2) is 18.6 Å². The van der Waals surface area contributed by atoms with Crippen LogP contribution in [0.3, 0.4) is 0 Å². The number of halogens is 2. The normalized spacial score (nSPS) is 14.7. The van der Waals surface area contributed by atoms with Gasteiger partial charge in [-0.3, -0.25) is 9.80 Å². The van der Waals surface area contributed by atoms with E-state index in [1.165, 1.54) is 0 Å². The molecule has 0 fully saturated rings. The molecule has 0 unspecified atom stereocenters. The van der Waals surface area contributed by atoms with Crippen molar-refractivity contribution in [2.75, 3.05) is 0 Å². The van der Waals surface area contributed by atoms with Crippen LogP contribution in [0.2, 0.25) is 10.0 Å². The van der Waals surface area contributed by atoms with Crippen LogP contribution in [-0.4, -0.2) is 62.4 Å². The molecule has 218 valence electrons. The first kappa shape index (κ1) is 28.9. The minimum atomic E-state index is -0.504. The van der Waals surface area contributed by atoms with E-state index in [0.717, 1.165) is 39.5 Å². The lowest BCUT2D eigenvalue weighted by molar-refractivity contribution is 0.0230. The Labute approximate surface area is 247 Å². The maximum atomic E-state index is 12.1. The molecule has 2 aliphatic rings. The van der Waals surface area contributed by atoms with E-state index in [1.807, 2.05) is 48.5 Å². The van der Waals surface area contributed by atoms with E-state index in [1.54, 1.807) is 37.4 Å². The molecular formula is C27H32Cl2N8O4. The van der Waals surface area contributed by atoms with Gasteiger partial charge in [-0.15, -0.1) is 0 Å². The van der Waals surface area contributed by atoms with E-state index < -0.39 is 11.2 Å². The molecule has 0 aromatic carbocycles. The van der Waals surface area contributed by atoms with Gasteiger partial charge in [-0.25, -0.2) is 28.6 Å². The molecule has 41 heavy (non-hydrogen) atoms. The quantitative estimate of drug-likeness (QED) is 0.256. The molecular weight excluding hydrogens is 571 g/mol. The van der Waals surface area contributed by atoms with Gasteiger partial charge in [0.2, 0.25) is 0 Å². The van der Waals surface area contributed by atoms with Crippen LogP contribution >= 0.6 is 23.2 Å². The van der Waals surface area contributed by atoms with Crippen molar-refractivity contribution in [3.05, 3.63) is 56.8 Å². The number of hydrogen-bond donors (Lipinski definition) is 0. The Morgan fingerprint density at radius 1 is 0.780 bits per heavy atom. The smallest absolute Gasteiger partial charge is 0.410 e. The van der Waals surface area contributed by atoms with Crippen molar-refractivity contribution in [2.45, 2.75) is 85.8 Å². The lowest BCUT2D eigenvalue weighted by Crippen LogP contribution is -2.33. The number of ether oxygens (including phenoxy) is 2. The van der Waals surface area contributed by atoms with Gasteiger partial charge in [0.15, 0.2) is 11.3 Å². The first-order valence-corrected chi connectivity index (χ1v) is 13.8. The number of aromatic nitrogens is 6. The van der Waals surface area contributed by atoms with Crippen molar-refractivity contribution in [1.82, 2.24) is 39.0 Å².